The Kier molecular flexibility index (Phi) is 7.18. The van der Waals surface area contributed by atoms with Gasteiger partial charge in [0.05, 0.1) is 17.1 Å². The summed E-state index contributed by atoms with van der Waals surface area (Å²) in [6, 6.07) is 5.87. The molecule has 1 amide bonds. The average Bonchev–Trinajstić information content (AvgIpc) is 3.08. The van der Waals surface area contributed by atoms with Gasteiger partial charge in [0.25, 0.3) is 5.91 Å². The van der Waals surface area contributed by atoms with Crippen molar-refractivity contribution in [3.05, 3.63) is 50.4 Å². The average molecular weight is 461 g/mol. The maximum Gasteiger partial charge on any atom is 0.341 e. The molecule has 172 valence electrons. The standard InChI is InChI=1S/C23H28N2O6S/c1-5-30-22(27)20-15-11-10-14(23(2,3)4)12-18(15)32-21(20)24-19(26)13-31-17-9-7-6-8-16(17)25(28)29/h6-9,14H,5,10-13H2,1-4H3,(H,24,26). The lowest BCUT2D eigenvalue weighted by molar-refractivity contribution is -0.385. The Hall–Kier alpha value is -2.94. The molecule has 0 radical (unpaired) electrons. The molecular formula is C23H28N2O6S. The van der Waals surface area contributed by atoms with E-state index in [1.165, 1.54) is 29.5 Å². The highest BCUT2D eigenvalue weighted by Gasteiger charge is 2.34. The van der Waals surface area contributed by atoms with Gasteiger partial charge in [0.15, 0.2) is 12.4 Å². The molecule has 0 aliphatic heterocycles. The SMILES string of the molecule is CCOC(=O)c1c(NC(=O)COc2ccccc2[N+](=O)[O-])sc2c1CCC(C(C)(C)C)C2. The van der Waals surface area contributed by atoms with Crippen molar-refractivity contribution in [2.45, 2.75) is 47.0 Å². The topological polar surface area (TPSA) is 108 Å². The van der Waals surface area contributed by atoms with E-state index in [9.17, 15) is 19.7 Å². The summed E-state index contributed by atoms with van der Waals surface area (Å²) >= 11 is 1.40. The summed E-state index contributed by atoms with van der Waals surface area (Å²) in [4.78, 5) is 36.9. The number of nitro groups is 1. The van der Waals surface area contributed by atoms with Gasteiger partial charge in [0.2, 0.25) is 0 Å². The minimum Gasteiger partial charge on any atom is -0.477 e. The Morgan fingerprint density at radius 3 is 2.66 bits per heavy atom. The molecule has 1 aromatic carbocycles. The summed E-state index contributed by atoms with van der Waals surface area (Å²) in [6.45, 7) is 8.20. The molecule has 0 saturated carbocycles. The molecule has 8 nitrogen and oxygen atoms in total. The largest absolute Gasteiger partial charge is 0.477 e. The fourth-order valence-electron chi connectivity index (χ4n) is 3.87. The minimum absolute atomic E-state index is 0.0109. The molecule has 9 heteroatoms. The van der Waals surface area contributed by atoms with Gasteiger partial charge in [-0.25, -0.2) is 4.79 Å². The van der Waals surface area contributed by atoms with Crippen LogP contribution < -0.4 is 10.1 Å². The number of amides is 1. The maximum absolute atomic E-state index is 12.7. The van der Waals surface area contributed by atoms with Gasteiger partial charge in [-0.2, -0.15) is 0 Å². The van der Waals surface area contributed by atoms with Crippen molar-refractivity contribution in [1.82, 2.24) is 0 Å². The lowest BCUT2D eigenvalue weighted by Gasteiger charge is -2.33. The summed E-state index contributed by atoms with van der Waals surface area (Å²) in [5.74, 6) is -0.459. The van der Waals surface area contributed by atoms with Gasteiger partial charge in [0, 0.05) is 10.9 Å². The van der Waals surface area contributed by atoms with Crippen LogP contribution in [0, 0.1) is 21.4 Å². The Morgan fingerprint density at radius 1 is 1.28 bits per heavy atom. The van der Waals surface area contributed by atoms with E-state index in [1.807, 2.05) is 0 Å². The number of hydrogen-bond donors (Lipinski definition) is 1. The van der Waals surface area contributed by atoms with Crippen LogP contribution in [-0.2, 0) is 22.4 Å². The molecule has 2 aromatic rings. The van der Waals surface area contributed by atoms with E-state index in [0.29, 0.717) is 16.5 Å². The normalized spacial score (nSPS) is 15.6. The van der Waals surface area contributed by atoms with Crippen molar-refractivity contribution in [2.75, 3.05) is 18.5 Å². The highest BCUT2D eigenvalue weighted by molar-refractivity contribution is 7.17. The second kappa shape index (κ2) is 9.68. The zero-order valence-corrected chi connectivity index (χ0v) is 19.5. The highest BCUT2D eigenvalue weighted by Crippen LogP contribution is 2.44. The molecule has 1 heterocycles. The number of para-hydroxylation sites is 2. The van der Waals surface area contributed by atoms with Gasteiger partial charge in [-0.05, 0) is 49.1 Å². The van der Waals surface area contributed by atoms with Crippen LogP contribution in [0.1, 0.15) is 54.9 Å². The molecule has 0 saturated heterocycles. The van der Waals surface area contributed by atoms with Crippen molar-refractivity contribution in [1.29, 1.82) is 0 Å². The van der Waals surface area contributed by atoms with Crippen molar-refractivity contribution < 1.29 is 24.0 Å². The third-order valence-electron chi connectivity index (χ3n) is 5.64. The summed E-state index contributed by atoms with van der Waals surface area (Å²) in [5.41, 5.74) is 1.29. The number of carbonyl (C=O) groups excluding carboxylic acids is 2. The molecule has 0 bridgehead atoms. The van der Waals surface area contributed by atoms with Gasteiger partial charge in [-0.3, -0.25) is 14.9 Å². The summed E-state index contributed by atoms with van der Waals surface area (Å²) in [6.07, 6.45) is 2.57. The number of rotatable bonds is 7. The van der Waals surface area contributed by atoms with E-state index in [1.54, 1.807) is 13.0 Å². The lowest BCUT2D eigenvalue weighted by atomic mass is 9.72. The molecular weight excluding hydrogens is 432 g/mol. The molecule has 1 atom stereocenters. The van der Waals surface area contributed by atoms with E-state index >= 15 is 0 Å². The first-order valence-electron chi connectivity index (χ1n) is 10.6. The fraction of sp³-hybridized carbons (Fsp3) is 0.478. The van der Waals surface area contributed by atoms with E-state index in [2.05, 4.69) is 26.1 Å². The number of anilines is 1. The van der Waals surface area contributed by atoms with E-state index in [4.69, 9.17) is 9.47 Å². The maximum atomic E-state index is 12.7. The number of nitrogens with one attached hydrogen (secondary N) is 1. The molecule has 0 spiro atoms. The first-order chi connectivity index (χ1) is 15.1. The predicted molar refractivity (Wildman–Crippen MR) is 122 cm³/mol. The van der Waals surface area contributed by atoms with Crippen molar-refractivity contribution in [2.24, 2.45) is 11.3 Å². The molecule has 32 heavy (non-hydrogen) atoms. The number of nitro benzene ring substituents is 1. The monoisotopic (exact) mass is 460 g/mol. The van der Waals surface area contributed by atoms with Crippen molar-refractivity contribution in [3.63, 3.8) is 0 Å². The van der Waals surface area contributed by atoms with E-state index in [0.717, 1.165) is 29.7 Å². The number of carbonyl (C=O) groups is 2. The molecule has 0 fully saturated rings. The Balaban J connectivity index is 1.80. The predicted octanol–water partition coefficient (Wildman–Crippen LogP) is 5.00. The van der Waals surface area contributed by atoms with Crippen molar-refractivity contribution >= 4 is 33.9 Å². The van der Waals surface area contributed by atoms with Gasteiger partial charge < -0.3 is 14.8 Å². The van der Waals surface area contributed by atoms with E-state index in [-0.39, 0.29) is 23.5 Å². The number of hydrogen-bond acceptors (Lipinski definition) is 7. The number of thiophene rings is 1. The zero-order chi connectivity index (χ0) is 23.5. The number of esters is 1. The number of ether oxygens (including phenoxy) is 2. The van der Waals surface area contributed by atoms with E-state index < -0.39 is 23.4 Å². The van der Waals surface area contributed by atoms with Gasteiger partial charge >= 0.3 is 11.7 Å². The quantitative estimate of drug-likeness (QED) is 0.354. The highest BCUT2D eigenvalue weighted by atomic mass is 32.1. The molecule has 1 aliphatic carbocycles. The Bertz CT molecular complexity index is 1020. The minimum atomic E-state index is -0.564. The lowest BCUT2D eigenvalue weighted by Crippen LogP contribution is -2.26. The Labute approximate surface area is 191 Å². The third-order valence-corrected chi connectivity index (χ3v) is 6.81. The van der Waals surface area contributed by atoms with Gasteiger partial charge in [-0.15, -0.1) is 11.3 Å². The second-order valence-electron chi connectivity index (χ2n) is 8.80. The fourth-order valence-corrected chi connectivity index (χ4v) is 5.20. The molecule has 1 aromatic heterocycles. The van der Waals surface area contributed by atoms with Crippen LogP contribution in [-0.4, -0.2) is 30.0 Å². The summed E-state index contributed by atoms with van der Waals surface area (Å²) in [5, 5.41) is 14.3. The van der Waals surface area contributed by atoms with Crippen LogP contribution in [0.5, 0.6) is 5.75 Å². The molecule has 1 N–H and O–H groups in total. The van der Waals surface area contributed by atoms with Crippen LogP contribution in [0.15, 0.2) is 24.3 Å². The number of benzene rings is 1. The first kappa shape index (κ1) is 23.7. The zero-order valence-electron chi connectivity index (χ0n) is 18.7. The van der Waals surface area contributed by atoms with Crippen LogP contribution in [0.25, 0.3) is 0 Å². The summed E-state index contributed by atoms with van der Waals surface area (Å²) in [7, 11) is 0. The molecule has 1 aliphatic rings. The third kappa shape index (κ3) is 5.27. The Morgan fingerprint density at radius 2 is 2.00 bits per heavy atom. The van der Waals surface area contributed by atoms with Crippen molar-refractivity contribution in [3.8, 4) is 5.75 Å². The molecule has 1 unspecified atom stereocenters. The second-order valence-corrected chi connectivity index (χ2v) is 9.90. The van der Waals surface area contributed by atoms with Crippen LogP contribution in [0.3, 0.4) is 0 Å². The number of fused-ring (bicyclic) bond motifs is 1. The smallest absolute Gasteiger partial charge is 0.341 e. The first-order valence-corrected chi connectivity index (χ1v) is 11.4. The summed E-state index contributed by atoms with van der Waals surface area (Å²) < 4.78 is 10.6. The van der Waals surface area contributed by atoms with Gasteiger partial charge in [-0.1, -0.05) is 32.9 Å². The molecule has 3 rings (SSSR count). The van der Waals surface area contributed by atoms with Crippen LogP contribution >= 0.6 is 11.3 Å². The number of nitrogens with zero attached hydrogens (tertiary/aromatic N) is 1. The van der Waals surface area contributed by atoms with Gasteiger partial charge in [0.1, 0.15) is 5.00 Å². The van der Waals surface area contributed by atoms with Crippen LogP contribution in [0.4, 0.5) is 10.7 Å². The van der Waals surface area contributed by atoms with Crippen LogP contribution in [0.2, 0.25) is 0 Å².